The number of piperidine rings is 1. The zero-order chi connectivity index (χ0) is 28.8. The molecule has 1 saturated heterocycles. The molecule has 0 saturated carbocycles. The summed E-state index contributed by atoms with van der Waals surface area (Å²) in [6.07, 6.45) is 3.91. The first-order valence-corrected chi connectivity index (χ1v) is 13.9. The zero-order valence-corrected chi connectivity index (χ0v) is 23.8. The molecule has 40 heavy (non-hydrogen) atoms. The zero-order valence-electron chi connectivity index (χ0n) is 23.0. The predicted molar refractivity (Wildman–Crippen MR) is 154 cm³/mol. The highest BCUT2D eigenvalue weighted by Crippen LogP contribution is 2.29. The number of nitrogens with zero attached hydrogens (tertiary/aromatic N) is 4. The minimum Gasteiger partial charge on any atom is -0.478 e. The molecule has 2 heterocycles. The smallest absolute Gasteiger partial charge is 0.335 e. The van der Waals surface area contributed by atoms with Gasteiger partial charge in [0.05, 0.1) is 22.5 Å². The van der Waals surface area contributed by atoms with Crippen molar-refractivity contribution in [2.45, 2.75) is 58.7 Å². The van der Waals surface area contributed by atoms with Crippen LogP contribution in [-0.2, 0) is 6.54 Å². The third kappa shape index (κ3) is 7.14. The number of hydrogen-bond donors (Lipinski definition) is 2. The van der Waals surface area contributed by atoms with Crippen LogP contribution in [0.4, 0.5) is 10.1 Å². The summed E-state index contributed by atoms with van der Waals surface area (Å²) < 4.78 is 14.7. The number of anilines is 1. The van der Waals surface area contributed by atoms with E-state index < -0.39 is 5.97 Å². The molecule has 1 atom stereocenters. The molecule has 0 radical (unpaired) electrons. The molecule has 0 spiro atoms. The van der Waals surface area contributed by atoms with E-state index in [1.165, 1.54) is 18.5 Å². The molecule has 0 bridgehead atoms. The van der Waals surface area contributed by atoms with Gasteiger partial charge in [-0.25, -0.2) is 19.2 Å². The van der Waals surface area contributed by atoms with Gasteiger partial charge in [-0.1, -0.05) is 17.7 Å². The second-order valence-electron chi connectivity index (χ2n) is 10.3. The number of carbonyl (C=O) groups excluding carboxylic acids is 1. The van der Waals surface area contributed by atoms with Crippen LogP contribution in [0, 0.1) is 19.7 Å². The van der Waals surface area contributed by atoms with E-state index in [9.17, 15) is 19.1 Å². The molecule has 212 valence electrons. The largest absolute Gasteiger partial charge is 0.478 e. The van der Waals surface area contributed by atoms with Gasteiger partial charge in [0.15, 0.2) is 0 Å². The maximum absolute atomic E-state index is 14.7. The average Bonchev–Trinajstić information content (AvgIpc) is 2.93. The summed E-state index contributed by atoms with van der Waals surface area (Å²) in [5.74, 6) is -1.50. The Labute approximate surface area is 239 Å². The summed E-state index contributed by atoms with van der Waals surface area (Å²) in [5.41, 5.74) is 3.25. The highest BCUT2D eigenvalue weighted by Gasteiger charge is 2.28. The minimum absolute atomic E-state index is 0.0922. The van der Waals surface area contributed by atoms with E-state index in [1.54, 1.807) is 38.1 Å². The summed E-state index contributed by atoms with van der Waals surface area (Å²) in [7, 11) is 0. The number of nitrogens with one attached hydrogen (secondary N) is 1. The van der Waals surface area contributed by atoms with Crippen molar-refractivity contribution in [2.24, 2.45) is 0 Å². The monoisotopic (exact) mass is 567 g/mol. The summed E-state index contributed by atoms with van der Waals surface area (Å²) in [6.45, 7) is 8.25. The molecule has 2 N–H and O–H groups in total. The van der Waals surface area contributed by atoms with E-state index in [0.29, 0.717) is 34.1 Å². The molecule has 1 aliphatic heterocycles. The van der Waals surface area contributed by atoms with Crippen LogP contribution in [0.2, 0.25) is 5.02 Å². The molecule has 4 rings (SSSR count). The van der Waals surface area contributed by atoms with Crippen molar-refractivity contribution in [1.82, 2.24) is 20.2 Å². The van der Waals surface area contributed by atoms with Crippen molar-refractivity contribution < 1.29 is 19.1 Å². The van der Waals surface area contributed by atoms with Gasteiger partial charge in [0.2, 0.25) is 0 Å². The lowest BCUT2D eigenvalue weighted by molar-refractivity contribution is 0.0696. The molecule has 1 unspecified atom stereocenters. The lowest BCUT2D eigenvalue weighted by atomic mass is 9.98. The minimum atomic E-state index is -1.00. The van der Waals surface area contributed by atoms with Crippen LogP contribution in [-0.4, -0.2) is 63.6 Å². The van der Waals surface area contributed by atoms with Gasteiger partial charge < -0.3 is 20.2 Å². The molecule has 3 aromatic rings. The number of carboxylic acids is 1. The Bertz CT molecular complexity index is 1340. The van der Waals surface area contributed by atoms with Crippen LogP contribution in [0.3, 0.4) is 0 Å². The predicted octanol–water partition coefficient (Wildman–Crippen LogP) is 5.26. The van der Waals surface area contributed by atoms with E-state index >= 15 is 0 Å². The van der Waals surface area contributed by atoms with Crippen molar-refractivity contribution in [1.29, 1.82) is 0 Å². The van der Waals surface area contributed by atoms with E-state index in [4.69, 9.17) is 11.6 Å². The molecular formula is C30H35ClFN5O3. The molecule has 1 aromatic heterocycles. The summed E-state index contributed by atoms with van der Waals surface area (Å²) in [4.78, 5) is 37.1. The van der Waals surface area contributed by atoms with Crippen molar-refractivity contribution in [2.75, 3.05) is 24.5 Å². The number of aromatic carboxylic acids is 1. The van der Waals surface area contributed by atoms with E-state index in [-0.39, 0.29) is 35.9 Å². The topological polar surface area (TPSA) is 98.7 Å². The average molecular weight is 568 g/mol. The normalized spacial score (nSPS) is 15.0. The maximum atomic E-state index is 14.7. The van der Waals surface area contributed by atoms with Gasteiger partial charge in [0, 0.05) is 54.5 Å². The standard InChI is InChI=1S/C30H35ClFN5O3/c1-19(9-12-33-29(38)28-20(2)34-18-35-21(28)3)36-13-10-25(11-14-36)37(17-23-15-24(31)7-8-27(23)32)26-6-4-5-22(16-26)30(39)40/h4-8,15-16,18-19,25H,9-14,17H2,1-3H3,(H,33,38)(H,39,40). The Morgan fingerprint density at radius 3 is 2.52 bits per heavy atom. The quantitative estimate of drug-likeness (QED) is 0.344. The van der Waals surface area contributed by atoms with Crippen LogP contribution in [0.25, 0.3) is 0 Å². The van der Waals surface area contributed by atoms with Crippen molar-refractivity contribution in [3.63, 3.8) is 0 Å². The maximum Gasteiger partial charge on any atom is 0.335 e. The molecule has 1 fully saturated rings. The van der Waals surface area contributed by atoms with Crippen LogP contribution < -0.4 is 10.2 Å². The van der Waals surface area contributed by atoms with Crippen LogP contribution in [0.15, 0.2) is 48.8 Å². The Hall–Kier alpha value is -3.56. The summed E-state index contributed by atoms with van der Waals surface area (Å²) in [5, 5.41) is 13.0. The van der Waals surface area contributed by atoms with Gasteiger partial charge >= 0.3 is 5.97 Å². The number of carbonyl (C=O) groups is 2. The molecule has 1 amide bonds. The number of amides is 1. The van der Waals surface area contributed by atoms with Crippen LogP contribution in [0.1, 0.15) is 63.9 Å². The first kappa shape index (κ1) is 29.4. The van der Waals surface area contributed by atoms with Crippen LogP contribution in [0.5, 0.6) is 0 Å². The van der Waals surface area contributed by atoms with Gasteiger partial charge in [-0.05, 0) is 76.4 Å². The van der Waals surface area contributed by atoms with Gasteiger partial charge in [0.1, 0.15) is 12.1 Å². The van der Waals surface area contributed by atoms with Gasteiger partial charge in [0.25, 0.3) is 5.91 Å². The fraction of sp³-hybridized carbons (Fsp3) is 0.400. The highest BCUT2D eigenvalue weighted by molar-refractivity contribution is 6.30. The number of halogens is 2. The lowest BCUT2D eigenvalue weighted by Crippen LogP contribution is -2.48. The number of likely N-dealkylation sites (tertiary alicyclic amines) is 1. The molecule has 2 aromatic carbocycles. The van der Waals surface area contributed by atoms with Crippen LogP contribution >= 0.6 is 11.6 Å². The molecule has 1 aliphatic rings. The van der Waals surface area contributed by atoms with E-state index in [2.05, 4.69) is 32.0 Å². The first-order chi connectivity index (χ1) is 19.1. The number of aryl methyl sites for hydroxylation is 2. The second-order valence-corrected chi connectivity index (χ2v) is 10.7. The molecular weight excluding hydrogens is 533 g/mol. The van der Waals surface area contributed by atoms with E-state index in [0.717, 1.165) is 38.0 Å². The van der Waals surface area contributed by atoms with Gasteiger partial charge in [-0.2, -0.15) is 0 Å². The number of carboxylic acid groups (broad SMARTS) is 1. The number of hydrogen-bond acceptors (Lipinski definition) is 6. The lowest BCUT2D eigenvalue weighted by Gasteiger charge is -2.42. The summed E-state index contributed by atoms with van der Waals surface area (Å²) >= 11 is 6.16. The summed E-state index contributed by atoms with van der Waals surface area (Å²) in [6, 6.07) is 11.6. The fourth-order valence-electron chi connectivity index (χ4n) is 5.32. The van der Waals surface area contributed by atoms with Gasteiger partial charge in [-0.3, -0.25) is 4.79 Å². The highest BCUT2D eigenvalue weighted by atomic mass is 35.5. The third-order valence-electron chi connectivity index (χ3n) is 7.64. The van der Waals surface area contributed by atoms with E-state index in [1.807, 2.05) is 6.07 Å². The molecule has 10 heteroatoms. The second kappa shape index (κ2) is 13.2. The Morgan fingerprint density at radius 1 is 1.15 bits per heavy atom. The van der Waals surface area contributed by atoms with Crippen molar-refractivity contribution in [3.8, 4) is 0 Å². The van der Waals surface area contributed by atoms with Gasteiger partial charge in [-0.15, -0.1) is 0 Å². The Morgan fingerprint density at radius 2 is 1.85 bits per heavy atom. The number of aromatic nitrogens is 2. The molecule has 8 nitrogen and oxygen atoms in total. The SMILES string of the molecule is Cc1ncnc(C)c1C(=O)NCCC(C)N1CCC(N(Cc2cc(Cl)ccc2F)c2cccc(C(=O)O)c2)CC1. The fourth-order valence-corrected chi connectivity index (χ4v) is 5.52. The first-order valence-electron chi connectivity index (χ1n) is 13.5. The van der Waals surface area contributed by atoms with Crippen molar-refractivity contribution in [3.05, 3.63) is 87.7 Å². The number of benzene rings is 2. The van der Waals surface area contributed by atoms with Crippen molar-refractivity contribution >= 4 is 29.2 Å². The Balaban J connectivity index is 1.39. The molecule has 0 aliphatic carbocycles. The Kier molecular flexibility index (Phi) is 9.71. The third-order valence-corrected chi connectivity index (χ3v) is 7.87. The number of rotatable bonds is 10.